The van der Waals surface area contributed by atoms with Crippen LogP contribution in [0.1, 0.15) is 24.1 Å². The molecule has 100 valence electrons. The third kappa shape index (κ3) is 2.67. The van der Waals surface area contributed by atoms with E-state index in [1.54, 1.807) is 11.7 Å². The highest BCUT2D eigenvalue weighted by Gasteiger charge is 2.42. The molecule has 1 aromatic rings. The number of carbonyl (C=O) groups excluding carboxylic acids is 1. The molecule has 1 amide bonds. The highest BCUT2D eigenvalue weighted by molar-refractivity contribution is 6.30. The van der Waals surface area contributed by atoms with Crippen molar-refractivity contribution in [3.63, 3.8) is 0 Å². The van der Waals surface area contributed by atoms with Crippen LogP contribution in [0.25, 0.3) is 0 Å². The van der Waals surface area contributed by atoms with Crippen LogP contribution in [0.4, 0.5) is 0 Å². The molecule has 0 bridgehead atoms. The zero-order chi connectivity index (χ0) is 13.3. The summed E-state index contributed by atoms with van der Waals surface area (Å²) in [4.78, 5) is 11.8. The number of aromatic nitrogens is 2. The van der Waals surface area contributed by atoms with E-state index >= 15 is 0 Å². The summed E-state index contributed by atoms with van der Waals surface area (Å²) >= 11 is 6.07. The van der Waals surface area contributed by atoms with Crippen molar-refractivity contribution in [1.82, 2.24) is 15.1 Å². The number of aryl methyl sites for hydroxylation is 2. The van der Waals surface area contributed by atoms with Crippen LogP contribution in [-0.2, 0) is 18.3 Å². The molecule has 0 spiro atoms. The minimum atomic E-state index is -0.0762. The maximum Gasteiger partial charge on any atom is 0.224 e. The summed E-state index contributed by atoms with van der Waals surface area (Å²) in [5, 5.41) is 16.7. The lowest BCUT2D eigenvalue weighted by Crippen LogP contribution is -2.33. The van der Waals surface area contributed by atoms with E-state index in [1.807, 2.05) is 6.92 Å². The number of carbonyl (C=O) groups is 1. The Balaban J connectivity index is 1.91. The lowest BCUT2D eigenvalue weighted by Gasteiger charge is -2.12. The normalized spacial score (nSPS) is 16.7. The van der Waals surface area contributed by atoms with Gasteiger partial charge in [-0.15, -0.1) is 0 Å². The molecule has 2 rings (SSSR count). The molecule has 0 aliphatic heterocycles. The largest absolute Gasteiger partial charge is 0.396 e. The maximum absolute atomic E-state index is 11.8. The van der Waals surface area contributed by atoms with Crippen molar-refractivity contribution in [3.8, 4) is 0 Å². The first kappa shape index (κ1) is 13.4. The van der Waals surface area contributed by atoms with Gasteiger partial charge in [0.2, 0.25) is 5.91 Å². The molecule has 5 nitrogen and oxygen atoms in total. The van der Waals surface area contributed by atoms with Gasteiger partial charge < -0.3 is 10.4 Å². The van der Waals surface area contributed by atoms with Gasteiger partial charge in [-0.25, -0.2) is 0 Å². The highest BCUT2D eigenvalue weighted by atomic mass is 35.5. The first-order valence-corrected chi connectivity index (χ1v) is 6.41. The van der Waals surface area contributed by atoms with Crippen LogP contribution in [0.2, 0.25) is 5.15 Å². The minimum Gasteiger partial charge on any atom is -0.396 e. The first-order valence-electron chi connectivity index (χ1n) is 6.03. The molecule has 0 radical (unpaired) electrons. The molecule has 2 N–H and O–H groups in total. The van der Waals surface area contributed by atoms with Crippen molar-refractivity contribution in [2.75, 3.05) is 13.2 Å². The molecule has 18 heavy (non-hydrogen) atoms. The Kier molecular flexibility index (Phi) is 3.64. The number of rotatable bonds is 5. The fourth-order valence-corrected chi connectivity index (χ4v) is 2.19. The monoisotopic (exact) mass is 271 g/mol. The Hall–Kier alpha value is -1.07. The van der Waals surface area contributed by atoms with E-state index in [1.165, 1.54) is 0 Å². The van der Waals surface area contributed by atoms with Gasteiger partial charge in [0, 0.05) is 24.6 Å². The van der Waals surface area contributed by atoms with Crippen LogP contribution in [0, 0.1) is 12.3 Å². The average molecular weight is 272 g/mol. The number of hydrogen-bond acceptors (Lipinski definition) is 3. The van der Waals surface area contributed by atoms with Crippen molar-refractivity contribution >= 4 is 17.5 Å². The van der Waals surface area contributed by atoms with Crippen molar-refractivity contribution in [2.45, 2.75) is 26.2 Å². The molecule has 1 fully saturated rings. The second kappa shape index (κ2) is 4.90. The van der Waals surface area contributed by atoms with Crippen LogP contribution < -0.4 is 5.32 Å². The van der Waals surface area contributed by atoms with Gasteiger partial charge in [-0.05, 0) is 19.8 Å². The van der Waals surface area contributed by atoms with Crippen LogP contribution in [0.15, 0.2) is 0 Å². The molecule has 1 saturated carbocycles. The van der Waals surface area contributed by atoms with Crippen molar-refractivity contribution in [1.29, 1.82) is 0 Å². The van der Waals surface area contributed by atoms with E-state index in [0.29, 0.717) is 11.7 Å². The summed E-state index contributed by atoms with van der Waals surface area (Å²) in [6.45, 7) is 2.52. The average Bonchev–Trinajstić information content (AvgIpc) is 3.08. The van der Waals surface area contributed by atoms with Gasteiger partial charge in [0.15, 0.2) is 0 Å². The van der Waals surface area contributed by atoms with E-state index in [0.717, 1.165) is 24.1 Å². The second-order valence-corrected chi connectivity index (χ2v) is 5.45. The van der Waals surface area contributed by atoms with Crippen molar-refractivity contribution < 1.29 is 9.90 Å². The van der Waals surface area contributed by atoms with E-state index < -0.39 is 0 Å². The Bertz CT molecular complexity index is 466. The Morgan fingerprint density at radius 3 is 2.72 bits per heavy atom. The Morgan fingerprint density at radius 2 is 2.28 bits per heavy atom. The summed E-state index contributed by atoms with van der Waals surface area (Å²) < 4.78 is 1.57. The number of amides is 1. The number of aliphatic hydroxyl groups excluding tert-OH is 1. The zero-order valence-corrected chi connectivity index (χ0v) is 11.4. The van der Waals surface area contributed by atoms with E-state index in [-0.39, 0.29) is 24.3 Å². The van der Waals surface area contributed by atoms with E-state index in [9.17, 15) is 4.79 Å². The fraction of sp³-hybridized carbons (Fsp3) is 0.667. The molecule has 1 aliphatic rings. The Morgan fingerprint density at radius 1 is 1.61 bits per heavy atom. The van der Waals surface area contributed by atoms with Crippen LogP contribution in [-0.4, -0.2) is 33.9 Å². The number of aliphatic hydroxyl groups is 1. The molecule has 0 atom stereocenters. The van der Waals surface area contributed by atoms with Gasteiger partial charge in [-0.3, -0.25) is 9.48 Å². The lowest BCUT2D eigenvalue weighted by molar-refractivity contribution is -0.120. The van der Waals surface area contributed by atoms with E-state index in [2.05, 4.69) is 10.4 Å². The minimum absolute atomic E-state index is 0.0660. The predicted molar refractivity (Wildman–Crippen MR) is 68.4 cm³/mol. The molecule has 1 aromatic heterocycles. The second-order valence-electron chi connectivity index (χ2n) is 5.09. The maximum atomic E-state index is 11.8. The SMILES string of the molecule is Cc1nn(C)c(Cl)c1CC(=O)NCC1(CO)CC1. The molecular formula is C12H18ClN3O2. The lowest BCUT2D eigenvalue weighted by atomic mass is 10.1. The van der Waals surface area contributed by atoms with Gasteiger partial charge in [0.05, 0.1) is 18.7 Å². The standard InChI is InChI=1S/C12H18ClN3O2/c1-8-9(11(13)16(2)15-8)5-10(18)14-6-12(7-17)3-4-12/h17H,3-7H2,1-2H3,(H,14,18). The van der Waals surface area contributed by atoms with Gasteiger partial charge in [-0.1, -0.05) is 11.6 Å². The zero-order valence-electron chi connectivity index (χ0n) is 10.7. The summed E-state index contributed by atoms with van der Waals surface area (Å²) in [5.74, 6) is -0.0762. The molecule has 6 heteroatoms. The van der Waals surface area contributed by atoms with Crippen LogP contribution in [0.5, 0.6) is 0 Å². The third-order valence-electron chi connectivity index (χ3n) is 3.56. The number of nitrogens with zero attached hydrogens (tertiary/aromatic N) is 2. The summed E-state index contributed by atoms with van der Waals surface area (Å²) in [7, 11) is 1.75. The first-order chi connectivity index (χ1) is 8.47. The van der Waals surface area contributed by atoms with Crippen LogP contribution >= 0.6 is 11.6 Å². The Labute approximate surface area is 111 Å². The van der Waals surface area contributed by atoms with Gasteiger partial charge in [0.1, 0.15) is 5.15 Å². The van der Waals surface area contributed by atoms with Gasteiger partial charge in [-0.2, -0.15) is 5.10 Å². The fourth-order valence-electron chi connectivity index (χ4n) is 1.95. The van der Waals surface area contributed by atoms with E-state index in [4.69, 9.17) is 16.7 Å². The molecule has 0 unspecified atom stereocenters. The molecular weight excluding hydrogens is 254 g/mol. The summed E-state index contributed by atoms with van der Waals surface area (Å²) in [5.41, 5.74) is 1.48. The highest BCUT2D eigenvalue weighted by Crippen LogP contribution is 2.44. The third-order valence-corrected chi connectivity index (χ3v) is 4.03. The van der Waals surface area contributed by atoms with Crippen LogP contribution in [0.3, 0.4) is 0 Å². The summed E-state index contributed by atoms with van der Waals surface area (Å²) in [6.07, 6.45) is 2.20. The smallest absolute Gasteiger partial charge is 0.224 e. The molecule has 1 heterocycles. The number of nitrogens with one attached hydrogen (secondary N) is 1. The van der Waals surface area contributed by atoms with Crippen molar-refractivity contribution in [3.05, 3.63) is 16.4 Å². The number of hydrogen-bond donors (Lipinski definition) is 2. The molecule has 0 saturated heterocycles. The topological polar surface area (TPSA) is 67.2 Å². The quantitative estimate of drug-likeness (QED) is 0.833. The predicted octanol–water partition coefficient (Wildman–Crippen LogP) is 0.813. The van der Waals surface area contributed by atoms with Crippen molar-refractivity contribution in [2.24, 2.45) is 12.5 Å². The summed E-state index contributed by atoms with van der Waals surface area (Å²) in [6, 6.07) is 0. The number of halogens is 1. The van der Waals surface area contributed by atoms with Gasteiger partial charge in [0.25, 0.3) is 0 Å². The molecule has 0 aromatic carbocycles. The van der Waals surface area contributed by atoms with Gasteiger partial charge >= 0.3 is 0 Å². The molecule has 1 aliphatic carbocycles.